The molecule has 6 nitrogen and oxygen atoms in total. The van der Waals surface area contributed by atoms with Crippen molar-refractivity contribution in [2.24, 2.45) is 0 Å². The highest BCUT2D eigenvalue weighted by molar-refractivity contribution is 6.33. The van der Waals surface area contributed by atoms with Crippen molar-refractivity contribution in [3.63, 3.8) is 0 Å². The molecule has 0 bridgehead atoms. The topological polar surface area (TPSA) is 72.6 Å². The Morgan fingerprint density at radius 1 is 1.11 bits per heavy atom. The van der Waals surface area contributed by atoms with Crippen LogP contribution in [0.4, 0.5) is 5.69 Å². The quantitative estimate of drug-likeness (QED) is 0.618. The van der Waals surface area contributed by atoms with E-state index in [0.717, 1.165) is 0 Å². The molecule has 0 aliphatic rings. The van der Waals surface area contributed by atoms with Crippen molar-refractivity contribution in [1.29, 1.82) is 0 Å². The standard InChI is InChI=1S/C20H17ClN2O4/c1-13-18(19(22-27-13)15-10-6-7-11-16(15)21)20(25)26-12-17(24)23(2)14-8-4-3-5-9-14/h3-11H,12H2,1-2H3. The van der Waals surface area contributed by atoms with Crippen LogP contribution in [0, 0.1) is 6.92 Å². The Bertz CT molecular complexity index is 969. The predicted molar refractivity (Wildman–Crippen MR) is 102 cm³/mol. The third kappa shape index (κ3) is 4.01. The maximum Gasteiger partial charge on any atom is 0.344 e. The van der Waals surface area contributed by atoms with E-state index in [1.165, 1.54) is 4.90 Å². The van der Waals surface area contributed by atoms with Crippen LogP contribution in [0.3, 0.4) is 0 Å². The van der Waals surface area contributed by atoms with Crippen molar-refractivity contribution in [2.45, 2.75) is 6.92 Å². The van der Waals surface area contributed by atoms with Crippen LogP contribution >= 0.6 is 11.6 Å². The average Bonchev–Trinajstić information content (AvgIpc) is 3.07. The number of hydrogen-bond acceptors (Lipinski definition) is 5. The highest BCUT2D eigenvalue weighted by Gasteiger charge is 2.25. The summed E-state index contributed by atoms with van der Waals surface area (Å²) in [6.07, 6.45) is 0. The Morgan fingerprint density at radius 3 is 2.48 bits per heavy atom. The van der Waals surface area contributed by atoms with Gasteiger partial charge in [0.15, 0.2) is 6.61 Å². The van der Waals surface area contributed by atoms with Gasteiger partial charge in [0.2, 0.25) is 0 Å². The predicted octanol–water partition coefficient (Wildman–Crippen LogP) is 4.12. The van der Waals surface area contributed by atoms with Gasteiger partial charge < -0.3 is 14.2 Å². The number of rotatable bonds is 5. The number of ether oxygens (including phenoxy) is 1. The number of carbonyl (C=O) groups excluding carboxylic acids is 2. The van der Waals surface area contributed by atoms with Gasteiger partial charge in [-0.1, -0.05) is 53.2 Å². The van der Waals surface area contributed by atoms with Crippen LogP contribution in [0.25, 0.3) is 11.3 Å². The molecule has 0 radical (unpaired) electrons. The van der Waals surface area contributed by atoms with Crippen LogP contribution < -0.4 is 4.90 Å². The lowest BCUT2D eigenvalue weighted by Crippen LogP contribution is -2.31. The zero-order valence-electron chi connectivity index (χ0n) is 14.8. The van der Waals surface area contributed by atoms with Gasteiger partial charge in [-0.15, -0.1) is 0 Å². The lowest BCUT2D eigenvalue weighted by atomic mass is 10.1. The van der Waals surface area contributed by atoms with Gasteiger partial charge in [-0.3, -0.25) is 4.79 Å². The molecule has 0 N–H and O–H groups in total. The molecule has 0 aliphatic carbocycles. The number of anilines is 1. The number of benzene rings is 2. The van der Waals surface area contributed by atoms with E-state index in [0.29, 0.717) is 22.0 Å². The minimum Gasteiger partial charge on any atom is -0.452 e. The fourth-order valence-corrected chi connectivity index (χ4v) is 2.77. The Hall–Kier alpha value is -3.12. The van der Waals surface area contributed by atoms with Gasteiger partial charge in [-0.25, -0.2) is 4.79 Å². The SMILES string of the molecule is Cc1onc(-c2ccccc2Cl)c1C(=O)OCC(=O)N(C)c1ccccc1. The van der Waals surface area contributed by atoms with Crippen LogP contribution in [0.15, 0.2) is 59.1 Å². The molecule has 2 aromatic carbocycles. The van der Waals surface area contributed by atoms with E-state index in [1.54, 1.807) is 50.4 Å². The molecule has 138 valence electrons. The Kier molecular flexibility index (Phi) is 5.57. The molecule has 0 unspecified atom stereocenters. The van der Waals surface area contributed by atoms with E-state index in [1.807, 2.05) is 18.2 Å². The van der Waals surface area contributed by atoms with Crippen LogP contribution in [-0.2, 0) is 9.53 Å². The second kappa shape index (κ2) is 8.05. The summed E-state index contributed by atoms with van der Waals surface area (Å²) in [5.74, 6) is -0.764. The van der Waals surface area contributed by atoms with Crippen LogP contribution in [0.2, 0.25) is 5.02 Å². The second-order valence-electron chi connectivity index (χ2n) is 5.81. The molecule has 0 aliphatic heterocycles. The largest absolute Gasteiger partial charge is 0.452 e. The van der Waals surface area contributed by atoms with E-state index in [4.69, 9.17) is 20.9 Å². The van der Waals surface area contributed by atoms with Gasteiger partial charge in [0, 0.05) is 18.3 Å². The summed E-state index contributed by atoms with van der Waals surface area (Å²) >= 11 is 6.19. The van der Waals surface area contributed by atoms with Gasteiger partial charge in [0.25, 0.3) is 5.91 Å². The van der Waals surface area contributed by atoms with Gasteiger partial charge in [-0.05, 0) is 25.1 Å². The number of aryl methyl sites for hydroxylation is 1. The molecular formula is C20H17ClN2O4. The second-order valence-corrected chi connectivity index (χ2v) is 6.21. The Labute approximate surface area is 161 Å². The van der Waals surface area contributed by atoms with Gasteiger partial charge in [0.1, 0.15) is 17.0 Å². The van der Waals surface area contributed by atoms with Crippen LogP contribution in [0.5, 0.6) is 0 Å². The van der Waals surface area contributed by atoms with Gasteiger partial charge in [0.05, 0.1) is 5.02 Å². The van der Waals surface area contributed by atoms with E-state index in [2.05, 4.69) is 5.16 Å². The molecule has 1 aromatic heterocycles. The first-order valence-electron chi connectivity index (χ1n) is 8.19. The van der Waals surface area contributed by atoms with Crippen molar-refractivity contribution in [1.82, 2.24) is 5.16 Å². The summed E-state index contributed by atoms with van der Waals surface area (Å²) in [7, 11) is 1.62. The van der Waals surface area contributed by atoms with Crippen LogP contribution in [0.1, 0.15) is 16.1 Å². The first kappa shape index (κ1) is 18.7. The molecule has 0 atom stereocenters. The van der Waals surface area contributed by atoms with Crippen molar-refractivity contribution in [3.8, 4) is 11.3 Å². The first-order chi connectivity index (χ1) is 13.0. The highest BCUT2D eigenvalue weighted by Crippen LogP contribution is 2.31. The third-order valence-electron chi connectivity index (χ3n) is 4.04. The van der Waals surface area contributed by atoms with E-state index in [-0.39, 0.29) is 17.2 Å². The number of nitrogens with zero attached hydrogens (tertiary/aromatic N) is 2. The van der Waals surface area contributed by atoms with E-state index >= 15 is 0 Å². The van der Waals surface area contributed by atoms with E-state index in [9.17, 15) is 9.59 Å². The lowest BCUT2D eigenvalue weighted by molar-refractivity contribution is -0.121. The summed E-state index contributed by atoms with van der Waals surface area (Å²) in [6, 6.07) is 16.0. The van der Waals surface area contributed by atoms with Gasteiger partial charge in [-0.2, -0.15) is 0 Å². The summed E-state index contributed by atoms with van der Waals surface area (Å²) in [6.45, 7) is 1.19. The molecule has 0 fully saturated rings. The van der Waals surface area contributed by atoms with Gasteiger partial charge >= 0.3 is 5.97 Å². The number of hydrogen-bond donors (Lipinski definition) is 0. The minimum atomic E-state index is -0.696. The number of carbonyl (C=O) groups is 2. The smallest absolute Gasteiger partial charge is 0.344 e. The zero-order valence-corrected chi connectivity index (χ0v) is 15.6. The van der Waals surface area contributed by atoms with Crippen molar-refractivity contribution >= 4 is 29.2 Å². The van der Waals surface area contributed by atoms with Crippen molar-refractivity contribution in [3.05, 3.63) is 70.9 Å². The summed E-state index contributed by atoms with van der Waals surface area (Å²) in [5.41, 5.74) is 1.69. The fourth-order valence-electron chi connectivity index (χ4n) is 2.54. The fraction of sp³-hybridized carbons (Fsp3) is 0.150. The van der Waals surface area contributed by atoms with Crippen molar-refractivity contribution < 1.29 is 18.8 Å². The molecule has 3 rings (SSSR count). The maximum absolute atomic E-state index is 12.6. The Morgan fingerprint density at radius 2 is 1.78 bits per heavy atom. The molecule has 7 heteroatoms. The zero-order chi connectivity index (χ0) is 19.4. The molecule has 3 aromatic rings. The molecule has 0 spiro atoms. The molecule has 27 heavy (non-hydrogen) atoms. The first-order valence-corrected chi connectivity index (χ1v) is 8.56. The number of esters is 1. The number of halogens is 1. The number of para-hydroxylation sites is 1. The molecular weight excluding hydrogens is 368 g/mol. The minimum absolute atomic E-state index is 0.151. The molecule has 0 saturated heterocycles. The lowest BCUT2D eigenvalue weighted by Gasteiger charge is -2.17. The molecule has 1 heterocycles. The maximum atomic E-state index is 12.6. The number of aromatic nitrogens is 1. The van der Waals surface area contributed by atoms with E-state index < -0.39 is 12.6 Å². The van der Waals surface area contributed by atoms with Crippen molar-refractivity contribution in [2.75, 3.05) is 18.6 Å². The monoisotopic (exact) mass is 384 g/mol. The summed E-state index contributed by atoms with van der Waals surface area (Å²) < 4.78 is 10.3. The number of amides is 1. The Balaban J connectivity index is 1.75. The molecule has 1 amide bonds. The summed E-state index contributed by atoms with van der Waals surface area (Å²) in [5, 5.41) is 4.35. The van der Waals surface area contributed by atoms with Crippen LogP contribution in [-0.4, -0.2) is 30.7 Å². The summed E-state index contributed by atoms with van der Waals surface area (Å²) in [4.78, 5) is 26.3. The molecule has 0 saturated carbocycles. The highest BCUT2D eigenvalue weighted by atomic mass is 35.5. The normalized spacial score (nSPS) is 10.5. The number of likely N-dealkylation sites (N-methyl/N-ethyl adjacent to an activating group) is 1. The third-order valence-corrected chi connectivity index (χ3v) is 4.37. The average molecular weight is 385 g/mol.